The average Bonchev–Trinajstić information content (AvgIpc) is 2.25. The van der Waals surface area contributed by atoms with Crippen LogP contribution in [0.25, 0.3) is 0 Å². The highest BCUT2D eigenvalue weighted by molar-refractivity contribution is 5.65. The number of unbranched alkanes of at least 4 members (excludes halogenated alkanes) is 8. The van der Waals surface area contributed by atoms with Crippen LogP contribution in [0.3, 0.4) is 0 Å². The molecule has 0 spiro atoms. The Morgan fingerprint density at radius 3 is 2.00 bits per heavy atom. The van der Waals surface area contributed by atoms with Crippen LogP contribution >= 0.6 is 0 Å². The lowest BCUT2D eigenvalue weighted by molar-refractivity contribution is -0.141. The molecule has 2 nitrogen and oxygen atoms in total. The molecule has 0 atom stereocenters. The number of rotatable bonds is 10. The third-order valence-electron chi connectivity index (χ3n) is 2.52. The lowest BCUT2D eigenvalue weighted by atomic mass is 10.1. The van der Waals surface area contributed by atoms with Crippen LogP contribution in [0.1, 0.15) is 64.7 Å². The highest BCUT2D eigenvalue weighted by atomic mass is 16.5. The highest BCUT2D eigenvalue weighted by Gasteiger charge is 1.94. The van der Waals surface area contributed by atoms with Gasteiger partial charge in [-0.2, -0.15) is 0 Å². The van der Waals surface area contributed by atoms with Gasteiger partial charge in [-0.05, 0) is 12.8 Å². The quantitative estimate of drug-likeness (QED) is 0.321. The van der Waals surface area contributed by atoms with Gasteiger partial charge in [-0.15, -0.1) is 12.3 Å². The Labute approximate surface area is 99.8 Å². The summed E-state index contributed by atoms with van der Waals surface area (Å²) < 4.78 is 4.86. The van der Waals surface area contributed by atoms with Crippen molar-refractivity contribution in [2.75, 3.05) is 6.61 Å². The van der Waals surface area contributed by atoms with Crippen LogP contribution in [0, 0.1) is 12.3 Å². The molecule has 16 heavy (non-hydrogen) atoms. The van der Waals surface area contributed by atoms with Crippen LogP contribution < -0.4 is 0 Å². The molecule has 0 aliphatic heterocycles. The second-order valence-corrected chi connectivity index (χ2v) is 4.12. The molecule has 0 saturated heterocycles. The van der Waals surface area contributed by atoms with Crippen molar-refractivity contribution in [2.24, 2.45) is 0 Å². The molecule has 0 aliphatic rings. The molecule has 0 bridgehead atoms. The molecular formula is C14H24O2. The smallest absolute Gasteiger partial charge is 0.302 e. The predicted molar refractivity (Wildman–Crippen MR) is 67.0 cm³/mol. The molecule has 0 aliphatic carbocycles. The molecule has 0 unspecified atom stereocenters. The summed E-state index contributed by atoms with van der Waals surface area (Å²) in [6, 6.07) is 0. The fourth-order valence-electron chi connectivity index (χ4n) is 1.61. The minimum atomic E-state index is -0.173. The van der Waals surface area contributed by atoms with Gasteiger partial charge >= 0.3 is 5.97 Å². The third-order valence-corrected chi connectivity index (χ3v) is 2.52. The zero-order chi connectivity index (χ0) is 12.1. The topological polar surface area (TPSA) is 26.3 Å². The van der Waals surface area contributed by atoms with Gasteiger partial charge in [-0.25, -0.2) is 0 Å². The third kappa shape index (κ3) is 13.0. The number of esters is 1. The van der Waals surface area contributed by atoms with E-state index >= 15 is 0 Å². The van der Waals surface area contributed by atoms with Gasteiger partial charge in [0.05, 0.1) is 6.61 Å². The monoisotopic (exact) mass is 224 g/mol. The van der Waals surface area contributed by atoms with Gasteiger partial charge in [0.2, 0.25) is 0 Å². The Morgan fingerprint density at radius 1 is 1.00 bits per heavy atom. The van der Waals surface area contributed by atoms with Crippen molar-refractivity contribution in [1.29, 1.82) is 0 Å². The number of hydrogen-bond acceptors (Lipinski definition) is 2. The van der Waals surface area contributed by atoms with Gasteiger partial charge in [0, 0.05) is 13.3 Å². The fraction of sp³-hybridized carbons (Fsp3) is 0.786. The zero-order valence-corrected chi connectivity index (χ0v) is 10.5. The summed E-state index contributed by atoms with van der Waals surface area (Å²) in [4.78, 5) is 10.5. The summed E-state index contributed by atoms with van der Waals surface area (Å²) >= 11 is 0. The Morgan fingerprint density at radius 2 is 1.50 bits per heavy atom. The maximum Gasteiger partial charge on any atom is 0.302 e. The molecule has 0 amide bonds. The van der Waals surface area contributed by atoms with Crippen LogP contribution in [0.15, 0.2) is 0 Å². The van der Waals surface area contributed by atoms with Crippen molar-refractivity contribution in [2.45, 2.75) is 64.7 Å². The van der Waals surface area contributed by atoms with E-state index in [4.69, 9.17) is 11.2 Å². The Hall–Kier alpha value is -0.970. The lowest BCUT2D eigenvalue weighted by Gasteiger charge is -2.02. The van der Waals surface area contributed by atoms with Crippen LogP contribution in [-0.2, 0) is 9.53 Å². The van der Waals surface area contributed by atoms with Crippen LogP contribution in [0.4, 0.5) is 0 Å². The molecule has 0 fully saturated rings. The maximum absolute atomic E-state index is 10.5. The fourth-order valence-corrected chi connectivity index (χ4v) is 1.61. The first kappa shape index (κ1) is 15.0. The predicted octanol–water partition coefficient (Wildman–Crippen LogP) is 3.69. The molecular weight excluding hydrogens is 200 g/mol. The summed E-state index contributed by atoms with van der Waals surface area (Å²) in [6.07, 6.45) is 15.8. The number of ether oxygens (including phenoxy) is 1. The molecule has 0 radical (unpaired) electrons. The summed E-state index contributed by atoms with van der Waals surface area (Å²) in [7, 11) is 0. The van der Waals surface area contributed by atoms with Gasteiger partial charge in [-0.3, -0.25) is 4.79 Å². The van der Waals surface area contributed by atoms with Crippen LogP contribution in [0.5, 0.6) is 0 Å². The molecule has 0 aromatic rings. The highest BCUT2D eigenvalue weighted by Crippen LogP contribution is 2.09. The zero-order valence-electron chi connectivity index (χ0n) is 10.5. The summed E-state index contributed by atoms with van der Waals surface area (Å²) in [5.41, 5.74) is 0. The van der Waals surface area contributed by atoms with Gasteiger partial charge in [-0.1, -0.05) is 38.5 Å². The second kappa shape index (κ2) is 12.1. The molecule has 0 aromatic heterocycles. The van der Waals surface area contributed by atoms with Gasteiger partial charge in [0.25, 0.3) is 0 Å². The summed E-state index contributed by atoms with van der Waals surface area (Å²) in [6.45, 7) is 2.04. The van der Waals surface area contributed by atoms with E-state index < -0.39 is 0 Å². The Kier molecular flexibility index (Phi) is 11.4. The van der Waals surface area contributed by atoms with E-state index in [1.165, 1.54) is 45.4 Å². The Bertz CT molecular complexity index is 203. The molecule has 0 aromatic carbocycles. The van der Waals surface area contributed by atoms with Crippen molar-refractivity contribution < 1.29 is 9.53 Å². The van der Waals surface area contributed by atoms with E-state index in [-0.39, 0.29) is 5.97 Å². The number of hydrogen-bond donors (Lipinski definition) is 0. The van der Waals surface area contributed by atoms with E-state index in [0.717, 1.165) is 19.3 Å². The van der Waals surface area contributed by atoms with Crippen LogP contribution in [-0.4, -0.2) is 12.6 Å². The van der Waals surface area contributed by atoms with E-state index in [0.29, 0.717) is 6.61 Å². The summed E-state index contributed by atoms with van der Waals surface area (Å²) in [5.74, 6) is 2.49. The van der Waals surface area contributed by atoms with Crippen molar-refractivity contribution >= 4 is 5.97 Å². The minimum absolute atomic E-state index is 0.173. The van der Waals surface area contributed by atoms with E-state index in [9.17, 15) is 4.79 Å². The van der Waals surface area contributed by atoms with Crippen LogP contribution in [0.2, 0.25) is 0 Å². The first-order chi connectivity index (χ1) is 7.77. The standard InChI is InChI=1S/C14H24O2/c1-3-4-5-6-7-8-9-10-11-12-13-16-14(2)15/h1H,4-13H2,2H3. The maximum atomic E-state index is 10.5. The van der Waals surface area contributed by atoms with Crippen molar-refractivity contribution in [3.8, 4) is 12.3 Å². The average molecular weight is 224 g/mol. The molecule has 0 N–H and O–H groups in total. The van der Waals surface area contributed by atoms with E-state index in [1.54, 1.807) is 0 Å². The van der Waals surface area contributed by atoms with Gasteiger partial charge < -0.3 is 4.74 Å². The molecule has 0 heterocycles. The molecule has 0 saturated carbocycles. The molecule has 92 valence electrons. The number of terminal acetylenes is 1. The van der Waals surface area contributed by atoms with Crippen molar-refractivity contribution in [3.63, 3.8) is 0 Å². The number of carbonyl (C=O) groups excluding carboxylic acids is 1. The Balaban J connectivity index is 2.94. The second-order valence-electron chi connectivity index (χ2n) is 4.12. The molecule has 0 rings (SSSR count). The SMILES string of the molecule is C#CCCCCCCCCCCOC(C)=O. The van der Waals surface area contributed by atoms with E-state index in [2.05, 4.69) is 5.92 Å². The minimum Gasteiger partial charge on any atom is -0.466 e. The van der Waals surface area contributed by atoms with Gasteiger partial charge in [0.1, 0.15) is 0 Å². The first-order valence-corrected chi connectivity index (χ1v) is 6.34. The normalized spacial score (nSPS) is 9.75. The van der Waals surface area contributed by atoms with E-state index in [1.807, 2.05) is 0 Å². The number of carbonyl (C=O) groups is 1. The first-order valence-electron chi connectivity index (χ1n) is 6.34. The van der Waals surface area contributed by atoms with Gasteiger partial charge in [0.15, 0.2) is 0 Å². The summed E-state index contributed by atoms with van der Waals surface area (Å²) in [5, 5.41) is 0. The van der Waals surface area contributed by atoms with Crippen molar-refractivity contribution in [3.05, 3.63) is 0 Å². The molecule has 2 heteroatoms. The lowest BCUT2D eigenvalue weighted by Crippen LogP contribution is -2.00. The van der Waals surface area contributed by atoms with Crippen molar-refractivity contribution in [1.82, 2.24) is 0 Å². The largest absolute Gasteiger partial charge is 0.466 e.